The van der Waals surface area contributed by atoms with Crippen molar-refractivity contribution in [1.29, 1.82) is 0 Å². The topological polar surface area (TPSA) is 80.5 Å². The van der Waals surface area contributed by atoms with Gasteiger partial charge in [-0.05, 0) is 25.0 Å². The SMILES string of the molecule is NC(=O)C1CCCN(c2ccccc2S(=O)(=O)C(F)(F)F)C1. The molecule has 1 fully saturated rings. The third-order valence-corrected chi connectivity index (χ3v) is 5.16. The number of benzene rings is 1. The van der Waals surface area contributed by atoms with Crippen molar-refractivity contribution < 1.29 is 26.4 Å². The van der Waals surface area contributed by atoms with E-state index in [-0.39, 0.29) is 12.2 Å². The molecule has 1 unspecified atom stereocenters. The summed E-state index contributed by atoms with van der Waals surface area (Å²) < 4.78 is 61.8. The maximum absolute atomic E-state index is 12.8. The fourth-order valence-electron chi connectivity index (χ4n) is 2.50. The summed E-state index contributed by atoms with van der Waals surface area (Å²) in [6.45, 7) is 0.480. The number of amides is 1. The van der Waals surface area contributed by atoms with Crippen LogP contribution >= 0.6 is 0 Å². The Morgan fingerprint density at radius 3 is 2.50 bits per heavy atom. The van der Waals surface area contributed by atoms with E-state index in [4.69, 9.17) is 5.73 Å². The molecular weight excluding hydrogens is 321 g/mol. The number of sulfone groups is 1. The predicted octanol–water partition coefficient (Wildman–Crippen LogP) is 1.68. The molecule has 0 saturated carbocycles. The number of alkyl halides is 3. The van der Waals surface area contributed by atoms with Crippen LogP contribution in [0.3, 0.4) is 0 Å². The van der Waals surface area contributed by atoms with Gasteiger partial charge in [0, 0.05) is 13.1 Å². The summed E-state index contributed by atoms with van der Waals surface area (Å²) in [5.74, 6) is -1.05. The fourth-order valence-corrected chi connectivity index (χ4v) is 3.48. The second kappa shape index (κ2) is 5.79. The number of piperidine rings is 1. The maximum Gasteiger partial charge on any atom is 0.501 e. The Morgan fingerprint density at radius 2 is 1.91 bits per heavy atom. The van der Waals surface area contributed by atoms with E-state index in [1.54, 1.807) is 0 Å². The molecule has 1 aromatic rings. The molecule has 1 aromatic carbocycles. The van der Waals surface area contributed by atoms with Crippen molar-refractivity contribution in [2.75, 3.05) is 18.0 Å². The van der Waals surface area contributed by atoms with E-state index in [0.29, 0.717) is 19.4 Å². The molecule has 0 aromatic heterocycles. The van der Waals surface area contributed by atoms with Crippen molar-refractivity contribution in [3.63, 3.8) is 0 Å². The van der Waals surface area contributed by atoms with E-state index < -0.39 is 32.1 Å². The predicted molar refractivity (Wildman–Crippen MR) is 73.8 cm³/mol. The number of primary amides is 1. The van der Waals surface area contributed by atoms with Crippen LogP contribution in [0.5, 0.6) is 0 Å². The van der Waals surface area contributed by atoms with Gasteiger partial charge in [0.15, 0.2) is 0 Å². The van der Waals surface area contributed by atoms with Gasteiger partial charge in [-0.2, -0.15) is 13.2 Å². The molecule has 0 aliphatic carbocycles. The zero-order valence-corrected chi connectivity index (χ0v) is 12.3. The van der Waals surface area contributed by atoms with E-state index in [2.05, 4.69) is 0 Å². The van der Waals surface area contributed by atoms with Crippen LogP contribution in [0, 0.1) is 5.92 Å². The normalized spacial score (nSPS) is 20.0. The van der Waals surface area contributed by atoms with Crippen LogP contribution < -0.4 is 10.6 Å². The molecule has 5 nitrogen and oxygen atoms in total. The largest absolute Gasteiger partial charge is 0.501 e. The van der Waals surface area contributed by atoms with Crippen molar-refractivity contribution in [2.24, 2.45) is 11.7 Å². The summed E-state index contributed by atoms with van der Waals surface area (Å²) in [6, 6.07) is 4.92. The van der Waals surface area contributed by atoms with E-state index in [1.165, 1.54) is 23.1 Å². The summed E-state index contributed by atoms with van der Waals surface area (Å²) in [4.78, 5) is 11.9. The molecule has 1 atom stereocenters. The molecule has 0 spiro atoms. The number of nitrogens with zero attached hydrogens (tertiary/aromatic N) is 1. The number of carbonyl (C=O) groups is 1. The minimum atomic E-state index is -5.45. The van der Waals surface area contributed by atoms with Gasteiger partial charge in [0.2, 0.25) is 5.91 Å². The molecule has 0 radical (unpaired) electrons. The number of anilines is 1. The minimum Gasteiger partial charge on any atom is -0.370 e. The standard InChI is InChI=1S/C13H15F3N2O3S/c14-13(15,16)22(20,21)11-6-2-1-5-10(11)18-7-3-4-9(8-18)12(17)19/h1-2,5-6,9H,3-4,7-8H2,(H2,17,19). The smallest absolute Gasteiger partial charge is 0.370 e. The highest BCUT2D eigenvalue weighted by atomic mass is 32.2. The average molecular weight is 336 g/mol. The Balaban J connectivity index is 2.43. The summed E-state index contributed by atoms with van der Waals surface area (Å²) >= 11 is 0. The summed E-state index contributed by atoms with van der Waals surface area (Å²) in [6.07, 6.45) is 1.09. The van der Waals surface area contributed by atoms with Crippen molar-refractivity contribution >= 4 is 21.4 Å². The van der Waals surface area contributed by atoms with E-state index >= 15 is 0 Å². The molecule has 1 aliphatic rings. The lowest BCUT2D eigenvalue weighted by Gasteiger charge is -2.34. The van der Waals surface area contributed by atoms with Gasteiger partial charge in [-0.3, -0.25) is 4.79 Å². The molecule has 9 heteroatoms. The van der Waals surface area contributed by atoms with Gasteiger partial charge < -0.3 is 10.6 Å². The highest BCUT2D eigenvalue weighted by molar-refractivity contribution is 7.92. The molecule has 1 heterocycles. The van der Waals surface area contributed by atoms with Crippen molar-refractivity contribution in [3.05, 3.63) is 24.3 Å². The molecule has 1 amide bonds. The molecule has 22 heavy (non-hydrogen) atoms. The first-order valence-electron chi connectivity index (χ1n) is 6.59. The van der Waals surface area contributed by atoms with Crippen LogP contribution in [0.4, 0.5) is 18.9 Å². The van der Waals surface area contributed by atoms with Crippen molar-refractivity contribution in [1.82, 2.24) is 0 Å². The minimum absolute atomic E-state index is 0.0502. The number of para-hydroxylation sites is 1. The lowest BCUT2D eigenvalue weighted by Crippen LogP contribution is -2.42. The zero-order chi connectivity index (χ0) is 16.5. The molecule has 0 bridgehead atoms. The number of rotatable bonds is 3. The first-order chi connectivity index (χ1) is 10.1. The first-order valence-corrected chi connectivity index (χ1v) is 8.07. The Morgan fingerprint density at radius 1 is 1.27 bits per heavy atom. The molecule has 1 aliphatic heterocycles. The van der Waals surface area contributed by atoms with E-state index in [1.807, 2.05) is 0 Å². The van der Waals surface area contributed by atoms with Gasteiger partial charge in [0.05, 0.1) is 16.5 Å². The van der Waals surface area contributed by atoms with Gasteiger partial charge in [-0.15, -0.1) is 0 Å². The van der Waals surface area contributed by atoms with Crippen LogP contribution in [-0.2, 0) is 14.6 Å². The van der Waals surface area contributed by atoms with Crippen LogP contribution in [-0.4, -0.2) is 32.9 Å². The highest BCUT2D eigenvalue weighted by Gasteiger charge is 2.48. The number of halogens is 3. The summed E-state index contributed by atoms with van der Waals surface area (Å²) in [5, 5.41) is 0. The second-order valence-corrected chi connectivity index (χ2v) is 7.01. The third kappa shape index (κ3) is 3.03. The van der Waals surface area contributed by atoms with Crippen LogP contribution in [0.15, 0.2) is 29.2 Å². The second-order valence-electron chi connectivity index (χ2n) is 5.10. The average Bonchev–Trinajstić information content (AvgIpc) is 2.46. The van der Waals surface area contributed by atoms with Gasteiger partial charge in [0.25, 0.3) is 9.84 Å². The van der Waals surface area contributed by atoms with Crippen LogP contribution in [0.25, 0.3) is 0 Å². The van der Waals surface area contributed by atoms with Crippen LogP contribution in [0.1, 0.15) is 12.8 Å². The summed E-state index contributed by atoms with van der Waals surface area (Å²) in [5.41, 5.74) is -0.187. The number of nitrogens with two attached hydrogens (primary N) is 1. The lowest BCUT2D eigenvalue weighted by atomic mass is 9.97. The van der Waals surface area contributed by atoms with E-state index in [9.17, 15) is 26.4 Å². The Kier molecular flexibility index (Phi) is 4.37. The van der Waals surface area contributed by atoms with Crippen molar-refractivity contribution in [2.45, 2.75) is 23.2 Å². The monoisotopic (exact) mass is 336 g/mol. The number of carbonyl (C=O) groups excluding carboxylic acids is 1. The Bertz CT molecular complexity index is 673. The Labute approximate surface area is 125 Å². The lowest BCUT2D eigenvalue weighted by molar-refractivity contribution is -0.122. The molecule has 122 valence electrons. The molecular formula is C13H15F3N2O3S. The van der Waals surface area contributed by atoms with Crippen molar-refractivity contribution in [3.8, 4) is 0 Å². The van der Waals surface area contributed by atoms with Gasteiger partial charge in [-0.25, -0.2) is 8.42 Å². The maximum atomic E-state index is 12.8. The van der Waals surface area contributed by atoms with E-state index in [0.717, 1.165) is 6.07 Å². The number of hydrogen-bond donors (Lipinski definition) is 1. The first kappa shape index (κ1) is 16.6. The van der Waals surface area contributed by atoms with Crippen LogP contribution in [0.2, 0.25) is 0 Å². The fraction of sp³-hybridized carbons (Fsp3) is 0.462. The summed E-state index contributed by atoms with van der Waals surface area (Å²) in [7, 11) is -5.45. The number of hydrogen-bond acceptors (Lipinski definition) is 4. The van der Waals surface area contributed by atoms with Gasteiger partial charge in [-0.1, -0.05) is 12.1 Å². The molecule has 2 rings (SSSR count). The van der Waals surface area contributed by atoms with Gasteiger partial charge in [0.1, 0.15) is 0 Å². The molecule has 1 saturated heterocycles. The Hall–Kier alpha value is -1.77. The third-order valence-electron chi connectivity index (χ3n) is 3.62. The molecule has 2 N–H and O–H groups in total. The van der Waals surface area contributed by atoms with Gasteiger partial charge >= 0.3 is 5.51 Å². The highest BCUT2D eigenvalue weighted by Crippen LogP contribution is 2.36. The quantitative estimate of drug-likeness (QED) is 0.911. The zero-order valence-electron chi connectivity index (χ0n) is 11.5.